The molecule has 2 aromatic rings. The van der Waals surface area contributed by atoms with Crippen molar-refractivity contribution in [3.63, 3.8) is 0 Å². The van der Waals surface area contributed by atoms with E-state index in [1.165, 1.54) is 42.5 Å². The summed E-state index contributed by atoms with van der Waals surface area (Å²) in [5.74, 6) is 0. The molecular weight excluding hydrogens is 340 g/mol. The summed E-state index contributed by atoms with van der Waals surface area (Å²) in [7, 11) is -4.49. The van der Waals surface area contributed by atoms with Gasteiger partial charge in [-0.1, -0.05) is 12.1 Å². The van der Waals surface area contributed by atoms with Crippen LogP contribution in [-0.4, -0.2) is 24.0 Å². The Balaban J connectivity index is 2.01. The van der Waals surface area contributed by atoms with Gasteiger partial charge in [-0.15, -0.1) is 0 Å². The number of carbonyl (C=O) groups is 1. The highest BCUT2D eigenvalue weighted by molar-refractivity contribution is 7.86. The first kappa shape index (κ1) is 17.4. The van der Waals surface area contributed by atoms with Crippen molar-refractivity contribution in [3.8, 4) is 0 Å². The highest BCUT2D eigenvalue weighted by Gasteiger charge is 2.16. The van der Waals surface area contributed by atoms with Crippen molar-refractivity contribution >= 4 is 27.6 Å². The number of non-ortho nitro benzene ring substituents is 1. The van der Waals surface area contributed by atoms with Gasteiger partial charge in [-0.3, -0.25) is 20.0 Å². The molecule has 2 rings (SSSR count). The summed E-state index contributed by atoms with van der Waals surface area (Å²) in [6.45, 7) is -0.169. The van der Waals surface area contributed by atoms with Crippen LogP contribution in [0.4, 0.5) is 16.2 Å². The Morgan fingerprint density at radius 1 is 1.17 bits per heavy atom. The van der Waals surface area contributed by atoms with Gasteiger partial charge in [0.25, 0.3) is 15.8 Å². The maximum absolute atomic E-state index is 11.7. The molecule has 0 saturated carbocycles. The number of nitrogens with zero attached hydrogens (tertiary/aromatic N) is 1. The number of rotatable bonds is 5. The summed E-state index contributed by atoms with van der Waals surface area (Å²) in [4.78, 5) is 21.2. The van der Waals surface area contributed by atoms with Crippen molar-refractivity contribution < 1.29 is 27.4 Å². The molecule has 0 radical (unpaired) electrons. The van der Waals surface area contributed by atoms with Crippen LogP contribution < -0.4 is 5.32 Å². The molecule has 2 N–H and O–H groups in total. The number of ether oxygens (including phenoxy) is 1. The lowest BCUT2D eigenvalue weighted by atomic mass is 10.2. The molecule has 9 nitrogen and oxygen atoms in total. The highest BCUT2D eigenvalue weighted by Crippen LogP contribution is 2.20. The van der Waals surface area contributed by atoms with E-state index in [9.17, 15) is 23.3 Å². The minimum absolute atomic E-state index is 0.0923. The van der Waals surface area contributed by atoms with Crippen LogP contribution in [0.5, 0.6) is 0 Å². The summed E-state index contributed by atoms with van der Waals surface area (Å²) in [5.41, 5.74) is 0.290. The zero-order valence-electron chi connectivity index (χ0n) is 12.1. The minimum atomic E-state index is -4.49. The van der Waals surface area contributed by atoms with Gasteiger partial charge in [0, 0.05) is 12.1 Å². The highest BCUT2D eigenvalue weighted by atomic mass is 32.2. The van der Waals surface area contributed by atoms with Crippen molar-refractivity contribution in [2.45, 2.75) is 11.5 Å². The molecule has 0 aliphatic heterocycles. The maximum atomic E-state index is 11.7. The lowest BCUT2D eigenvalue weighted by molar-refractivity contribution is -0.384. The topological polar surface area (TPSA) is 136 Å². The summed E-state index contributed by atoms with van der Waals surface area (Å²) in [6.07, 6.45) is -0.940. The molecule has 126 valence electrons. The second kappa shape index (κ2) is 7.06. The van der Waals surface area contributed by atoms with Crippen LogP contribution in [0.25, 0.3) is 0 Å². The number of benzene rings is 2. The zero-order chi connectivity index (χ0) is 17.7. The first-order valence-corrected chi connectivity index (χ1v) is 7.95. The minimum Gasteiger partial charge on any atom is -0.444 e. The molecule has 0 atom stereocenters. The Kier molecular flexibility index (Phi) is 5.11. The zero-order valence-corrected chi connectivity index (χ0v) is 12.9. The van der Waals surface area contributed by atoms with Gasteiger partial charge in [0.1, 0.15) is 11.5 Å². The second-order valence-electron chi connectivity index (χ2n) is 4.60. The van der Waals surface area contributed by atoms with Crippen LogP contribution in [0, 0.1) is 10.1 Å². The Morgan fingerprint density at radius 3 is 2.38 bits per heavy atom. The number of anilines is 1. The van der Waals surface area contributed by atoms with Gasteiger partial charge in [-0.25, -0.2) is 4.79 Å². The normalized spacial score (nSPS) is 10.9. The third-order valence-corrected chi connectivity index (χ3v) is 3.83. The van der Waals surface area contributed by atoms with E-state index in [0.29, 0.717) is 5.56 Å². The molecule has 24 heavy (non-hydrogen) atoms. The molecule has 0 saturated heterocycles. The number of para-hydroxylation sites is 1. The first-order chi connectivity index (χ1) is 11.3. The van der Waals surface area contributed by atoms with Gasteiger partial charge in [-0.05, 0) is 29.8 Å². The molecule has 2 aromatic carbocycles. The summed E-state index contributed by atoms with van der Waals surface area (Å²) in [6, 6.07) is 10.7. The molecule has 1 amide bonds. The second-order valence-corrected chi connectivity index (χ2v) is 5.99. The fraction of sp³-hybridized carbons (Fsp3) is 0.0714. The van der Waals surface area contributed by atoms with Crippen LogP contribution in [-0.2, 0) is 21.5 Å². The Labute approximate surface area is 136 Å². The average Bonchev–Trinajstić information content (AvgIpc) is 2.53. The van der Waals surface area contributed by atoms with E-state index in [1.807, 2.05) is 0 Å². The molecule has 0 bridgehead atoms. The van der Waals surface area contributed by atoms with Gasteiger partial charge >= 0.3 is 6.09 Å². The maximum Gasteiger partial charge on any atom is 0.411 e. The summed E-state index contributed by atoms with van der Waals surface area (Å²) in [5, 5.41) is 12.7. The van der Waals surface area contributed by atoms with Crippen molar-refractivity contribution in [1.82, 2.24) is 0 Å². The Hall–Kier alpha value is -2.98. The molecule has 0 fully saturated rings. The van der Waals surface area contributed by atoms with Crippen LogP contribution >= 0.6 is 0 Å². The molecule has 0 spiro atoms. The summed E-state index contributed by atoms with van der Waals surface area (Å²) >= 11 is 0. The number of hydrogen-bond acceptors (Lipinski definition) is 6. The van der Waals surface area contributed by atoms with Crippen LogP contribution in [0.3, 0.4) is 0 Å². The molecule has 0 aromatic heterocycles. The lowest BCUT2D eigenvalue weighted by Crippen LogP contribution is -2.15. The lowest BCUT2D eigenvalue weighted by Gasteiger charge is -2.09. The van der Waals surface area contributed by atoms with Gasteiger partial charge in [0.05, 0.1) is 10.6 Å². The largest absolute Gasteiger partial charge is 0.444 e. The number of hydrogen-bond donors (Lipinski definition) is 2. The van der Waals surface area contributed by atoms with E-state index in [-0.39, 0.29) is 18.0 Å². The quantitative estimate of drug-likeness (QED) is 0.479. The fourth-order valence-corrected chi connectivity index (χ4v) is 2.45. The van der Waals surface area contributed by atoms with Crippen LogP contribution in [0.1, 0.15) is 5.56 Å². The smallest absolute Gasteiger partial charge is 0.411 e. The van der Waals surface area contributed by atoms with Crippen molar-refractivity contribution in [2.24, 2.45) is 0 Å². The number of carbonyl (C=O) groups excluding carboxylic acids is 1. The van der Waals surface area contributed by atoms with Crippen molar-refractivity contribution in [1.29, 1.82) is 0 Å². The van der Waals surface area contributed by atoms with Crippen molar-refractivity contribution in [3.05, 3.63) is 64.2 Å². The van der Waals surface area contributed by atoms with E-state index in [0.717, 1.165) is 6.07 Å². The molecule has 0 unspecified atom stereocenters. The molecule has 0 aliphatic rings. The number of nitro groups is 1. The summed E-state index contributed by atoms with van der Waals surface area (Å²) < 4.78 is 36.4. The number of nitro benzene ring substituents is 1. The third-order valence-electron chi connectivity index (χ3n) is 2.92. The first-order valence-electron chi connectivity index (χ1n) is 6.51. The Morgan fingerprint density at radius 2 is 1.79 bits per heavy atom. The monoisotopic (exact) mass is 352 g/mol. The average molecular weight is 352 g/mol. The van der Waals surface area contributed by atoms with Crippen LogP contribution in [0.2, 0.25) is 0 Å². The Bertz CT molecular complexity index is 863. The standard InChI is InChI=1S/C14H12N2O7S/c17-14(15-12-3-1-2-4-13(12)24(20,21)22)23-9-10-5-7-11(8-6-10)16(18)19/h1-8H,9H2,(H,15,17)(H,20,21,22). The SMILES string of the molecule is O=C(Nc1ccccc1S(=O)(=O)O)OCc1ccc([N+](=O)[O-])cc1. The van der Waals surface area contributed by atoms with Gasteiger partial charge in [-0.2, -0.15) is 8.42 Å². The predicted octanol–water partition coefficient (Wildman–Crippen LogP) is 2.59. The molecule has 10 heteroatoms. The van der Waals surface area contributed by atoms with E-state index >= 15 is 0 Å². The van der Waals surface area contributed by atoms with E-state index in [4.69, 9.17) is 9.29 Å². The third kappa shape index (κ3) is 4.51. The van der Waals surface area contributed by atoms with E-state index in [1.54, 1.807) is 0 Å². The van der Waals surface area contributed by atoms with Gasteiger partial charge in [0.15, 0.2) is 0 Å². The molecule has 0 aliphatic carbocycles. The number of nitrogens with one attached hydrogen (secondary N) is 1. The predicted molar refractivity (Wildman–Crippen MR) is 83.2 cm³/mol. The number of amides is 1. The van der Waals surface area contributed by atoms with Gasteiger partial charge < -0.3 is 4.74 Å². The van der Waals surface area contributed by atoms with Gasteiger partial charge in [0.2, 0.25) is 0 Å². The van der Waals surface area contributed by atoms with E-state index in [2.05, 4.69) is 5.32 Å². The fourth-order valence-electron chi connectivity index (χ4n) is 1.80. The molecular formula is C14H12N2O7S. The molecule has 0 heterocycles. The van der Waals surface area contributed by atoms with E-state index < -0.39 is 26.0 Å². The van der Waals surface area contributed by atoms with Crippen LogP contribution in [0.15, 0.2) is 53.4 Å². The van der Waals surface area contributed by atoms with Crippen molar-refractivity contribution in [2.75, 3.05) is 5.32 Å².